The van der Waals surface area contributed by atoms with Gasteiger partial charge in [0.2, 0.25) is 5.91 Å². The highest BCUT2D eigenvalue weighted by molar-refractivity contribution is 5.76. The lowest BCUT2D eigenvalue weighted by Crippen LogP contribution is -2.40. The Morgan fingerprint density at radius 2 is 1.87 bits per heavy atom. The van der Waals surface area contributed by atoms with E-state index in [4.69, 9.17) is 0 Å². The maximum absolute atomic E-state index is 12.2. The number of nitrogens with one attached hydrogen (secondary N) is 1. The number of carbonyl (C=O) groups is 1. The molecule has 128 valence electrons. The topological polar surface area (TPSA) is 35.6 Å². The maximum Gasteiger partial charge on any atom is 0.223 e. The zero-order valence-electron chi connectivity index (χ0n) is 14.6. The van der Waals surface area contributed by atoms with Gasteiger partial charge in [0.15, 0.2) is 0 Å². The fourth-order valence-electron chi connectivity index (χ4n) is 3.12. The van der Waals surface area contributed by atoms with Crippen molar-refractivity contribution in [3.8, 4) is 0 Å². The van der Waals surface area contributed by atoms with Crippen LogP contribution in [0.15, 0.2) is 30.3 Å². The molecule has 0 saturated carbocycles. The van der Waals surface area contributed by atoms with Crippen molar-refractivity contribution >= 4 is 5.91 Å². The highest BCUT2D eigenvalue weighted by Gasteiger charge is 2.22. The Hall–Kier alpha value is -1.39. The van der Waals surface area contributed by atoms with Crippen molar-refractivity contribution in [3.63, 3.8) is 0 Å². The zero-order valence-corrected chi connectivity index (χ0v) is 14.6. The number of benzene rings is 1. The van der Waals surface area contributed by atoms with E-state index in [0.717, 1.165) is 57.9 Å². The highest BCUT2D eigenvalue weighted by Crippen LogP contribution is 2.21. The van der Waals surface area contributed by atoms with Crippen molar-refractivity contribution in [2.45, 2.75) is 25.7 Å². The van der Waals surface area contributed by atoms with Gasteiger partial charge in [-0.2, -0.15) is 0 Å². The van der Waals surface area contributed by atoms with Gasteiger partial charge in [0, 0.05) is 39.1 Å². The second kappa shape index (κ2) is 9.68. The summed E-state index contributed by atoms with van der Waals surface area (Å²) in [6.07, 6.45) is 4.04. The van der Waals surface area contributed by atoms with Crippen LogP contribution in [0.3, 0.4) is 0 Å². The van der Waals surface area contributed by atoms with Crippen LogP contribution in [0.2, 0.25) is 0 Å². The Balaban J connectivity index is 1.61. The lowest BCUT2D eigenvalue weighted by Gasteiger charge is -2.32. The molecule has 1 aliphatic heterocycles. The van der Waals surface area contributed by atoms with Gasteiger partial charge >= 0.3 is 0 Å². The van der Waals surface area contributed by atoms with Crippen LogP contribution in [-0.4, -0.2) is 62.5 Å². The van der Waals surface area contributed by atoms with Crippen molar-refractivity contribution in [3.05, 3.63) is 35.9 Å². The van der Waals surface area contributed by atoms with E-state index in [1.807, 2.05) is 0 Å². The van der Waals surface area contributed by atoms with Gasteiger partial charge in [-0.3, -0.25) is 4.79 Å². The quantitative estimate of drug-likeness (QED) is 0.745. The molecule has 0 aliphatic carbocycles. The summed E-state index contributed by atoms with van der Waals surface area (Å²) in [5, 5.41) is 3.34. The molecule has 23 heavy (non-hydrogen) atoms. The third kappa shape index (κ3) is 6.71. The molecule has 2 rings (SSSR count). The first-order valence-electron chi connectivity index (χ1n) is 8.82. The summed E-state index contributed by atoms with van der Waals surface area (Å²) in [5.74, 6) is 1.03. The molecule has 0 radical (unpaired) electrons. The molecule has 1 aliphatic rings. The minimum Gasteiger partial charge on any atom is -0.343 e. The molecule has 1 heterocycles. The predicted octanol–water partition coefficient (Wildman–Crippen LogP) is 2.01. The van der Waals surface area contributed by atoms with Crippen molar-refractivity contribution in [2.24, 2.45) is 5.92 Å². The summed E-state index contributed by atoms with van der Waals surface area (Å²) in [7, 11) is 4.12. The number of likely N-dealkylation sites (N-methyl/N-ethyl adjacent to an activating group) is 1. The average molecular weight is 317 g/mol. The second-order valence-electron chi connectivity index (χ2n) is 6.82. The number of amides is 1. The van der Waals surface area contributed by atoms with Gasteiger partial charge in [-0.15, -0.1) is 0 Å². The van der Waals surface area contributed by atoms with Crippen LogP contribution in [0.5, 0.6) is 0 Å². The minimum absolute atomic E-state index is 0.306. The van der Waals surface area contributed by atoms with E-state index in [1.165, 1.54) is 5.56 Å². The molecule has 1 amide bonds. The molecule has 4 heteroatoms. The highest BCUT2D eigenvalue weighted by atomic mass is 16.2. The SMILES string of the molecule is CN(C)CCNCCC(=O)N1CCC(Cc2ccccc2)CC1. The number of piperidine rings is 1. The van der Waals surface area contributed by atoms with E-state index in [9.17, 15) is 4.79 Å². The molecule has 1 aromatic rings. The standard InChI is InChI=1S/C19H31N3O/c1-21(2)15-12-20-11-8-19(23)22-13-9-18(10-14-22)16-17-6-4-3-5-7-17/h3-7,18,20H,8-16H2,1-2H3. The van der Waals surface area contributed by atoms with Crippen LogP contribution in [0.4, 0.5) is 0 Å². The van der Waals surface area contributed by atoms with Crippen LogP contribution < -0.4 is 5.32 Å². The van der Waals surface area contributed by atoms with Gasteiger partial charge in [0.25, 0.3) is 0 Å². The molecular formula is C19H31N3O. The predicted molar refractivity (Wildman–Crippen MR) is 95.5 cm³/mol. The Morgan fingerprint density at radius 1 is 1.17 bits per heavy atom. The lowest BCUT2D eigenvalue weighted by atomic mass is 9.90. The summed E-state index contributed by atoms with van der Waals surface area (Å²) in [6, 6.07) is 10.7. The Morgan fingerprint density at radius 3 is 2.52 bits per heavy atom. The Kier molecular flexibility index (Phi) is 7.56. The zero-order chi connectivity index (χ0) is 16.5. The third-order valence-electron chi connectivity index (χ3n) is 4.59. The van der Waals surface area contributed by atoms with Crippen LogP contribution in [-0.2, 0) is 11.2 Å². The van der Waals surface area contributed by atoms with Gasteiger partial charge in [0.05, 0.1) is 0 Å². The lowest BCUT2D eigenvalue weighted by molar-refractivity contribution is -0.132. The van der Waals surface area contributed by atoms with E-state index in [2.05, 4.69) is 59.5 Å². The molecule has 0 bridgehead atoms. The largest absolute Gasteiger partial charge is 0.343 e. The summed E-state index contributed by atoms with van der Waals surface area (Å²) in [4.78, 5) is 16.4. The van der Waals surface area contributed by atoms with E-state index in [-0.39, 0.29) is 0 Å². The van der Waals surface area contributed by atoms with Crippen LogP contribution >= 0.6 is 0 Å². The van der Waals surface area contributed by atoms with Crippen molar-refractivity contribution in [1.82, 2.24) is 15.1 Å². The fourth-order valence-corrected chi connectivity index (χ4v) is 3.12. The van der Waals surface area contributed by atoms with E-state index >= 15 is 0 Å². The van der Waals surface area contributed by atoms with Gasteiger partial charge in [-0.25, -0.2) is 0 Å². The number of rotatable bonds is 8. The minimum atomic E-state index is 0.306. The maximum atomic E-state index is 12.2. The second-order valence-corrected chi connectivity index (χ2v) is 6.82. The van der Waals surface area contributed by atoms with E-state index in [0.29, 0.717) is 12.3 Å². The van der Waals surface area contributed by atoms with Crippen LogP contribution in [0.25, 0.3) is 0 Å². The molecular weight excluding hydrogens is 286 g/mol. The average Bonchev–Trinajstić information content (AvgIpc) is 2.56. The molecule has 0 aromatic heterocycles. The third-order valence-corrected chi connectivity index (χ3v) is 4.59. The molecule has 1 aromatic carbocycles. The fraction of sp³-hybridized carbons (Fsp3) is 0.632. The van der Waals surface area contributed by atoms with Gasteiger partial charge in [0.1, 0.15) is 0 Å². The summed E-state index contributed by atoms with van der Waals surface area (Å²) in [5.41, 5.74) is 1.42. The summed E-state index contributed by atoms with van der Waals surface area (Å²) < 4.78 is 0. The molecule has 0 spiro atoms. The summed E-state index contributed by atoms with van der Waals surface area (Å²) >= 11 is 0. The van der Waals surface area contributed by atoms with Gasteiger partial charge in [-0.1, -0.05) is 30.3 Å². The van der Waals surface area contributed by atoms with E-state index < -0.39 is 0 Å². The van der Waals surface area contributed by atoms with Crippen LogP contribution in [0, 0.1) is 5.92 Å². The van der Waals surface area contributed by atoms with Crippen LogP contribution in [0.1, 0.15) is 24.8 Å². The molecule has 0 atom stereocenters. The van der Waals surface area contributed by atoms with Crippen molar-refractivity contribution < 1.29 is 4.79 Å². The monoisotopic (exact) mass is 317 g/mol. The number of hydrogen-bond acceptors (Lipinski definition) is 3. The van der Waals surface area contributed by atoms with Gasteiger partial charge in [-0.05, 0) is 44.8 Å². The van der Waals surface area contributed by atoms with Crippen molar-refractivity contribution in [1.29, 1.82) is 0 Å². The molecule has 1 N–H and O–H groups in total. The molecule has 0 unspecified atom stereocenters. The normalized spacial score (nSPS) is 16.0. The number of carbonyl (C=O) groups excluding carboxylic acids is 1. The Labute approximate surface area is 140 Å². The molecule has 1 fully saturated rings. The van der Waals surface area contributed by atoms with Crippen molar-refractivity contribution in [2.75, 3.05) is 46.8 Å². The van der Waals surface area contributed by atoms with Gasteiger partial charge < -0.3 is 15.1 Å². The Bertz CT molecular complexity index is 453. The number of likely N-dealkylation sites (tertiary alicyclic amines) is 1. The first-order valence-corrected chi connectivity index (χ1v) is 8.82. The number of hydrogen-bond donors (Lipinski definition) is 1. The molecule has 1 saturated heterocycles. The summed E-state index contributed by atoms with van der Waals surface area (Å²) in [6.45, 7) is 4.59. The smallest absolute Gasteiger partial charge is 0.223 e. The first kappa shape index (κ1) is 18.0. The first-order chi connectivity index (χ1) is 11.1. The van der Waals surface area contributed by atoms with E-state index in [1.54, 1.807) is 0 Å². The molecule has 4 nitrogen and oxygen atoms in total. The number of nitrogens with zero attached hydrogens (tertiary/aromatic N) is 2.